The molecule has 3 aliphatic heterocycles. The molecule has 0 spiro atoms. The van der Waals surface area contributed by atoms with Crippen molar-refractivity contribution < 1.29 is 78.6 Å². The number of carbonyl (C=O) groups is 1. The number of aliphatic hydroxyl groups excluding tert-OH is 1. The molecule has 1 saturated heterocycles. The molecule has 1 fully saturated rings. The monoisotopic (exact) mass is 1090 g/mol. The Bertz CT molecular complexity index is 3130. The van der Waals surface area contributed by atoms with Crippen molar-refractivity contribution in [3.8, 4) is 11.8 Å². The first-order chi connectivity index (χ1) is 32.9. The summed E-state index contributed by atoms with van der Waals surface area (Å²) in [6.07, 6.45) is 3.34. The number of ether oxygens (including phenoxy) is 1. The Hall–Kier alpha value is -4.31. The number of aromatic nitrogens is 2. The van der Waals surface area contributed by atoms with Crippen LogP contribution in [0.15, 0.2) is 81.0 Å². The molecule has 28 heteroatoms. The summed E-state index contributed by atoms with van der Waals surface area (Å²) in [5.41, 5.74) is 4.23. The molecule has 3 unspecified atom stereocenters. The quantitative estimate of drug-likeness (QED) is 0.0276. The predicted molar refractivity (Wildman–Crippen MR) is 261 cm³/mol. The zero-order chi connectivity index (χ0) is 52.5. The summed E-state index contributed by atoms with van der Waals surface area (Å²) >= 11 is 1.38. The smallest absolute Gasteiger partial charge is 0.390 e. The summed E-state index contributed by atoms with van der Waals surface area (Å²) in [5, 5.41) is 13.1. The van der Waals surface area contributed by atoms with Gasteiger partial charge >= 0.3 is 29.2 Å². The van der Waals surface area contributed by atoms with E-state index in [2.05, 4.69) is 96.7 Å². The van der Waals surface area contributed by atoms with Gasteiger partial charge in [-0.25, -0.2) is 18.5 Å². The molecule has 1 amide bonds. The number of aryl methyl sites for hydroxylation is 1. The van der Waals surface area contributed by atoms with Crippen molar-refractivity contribution in [2.75, 3.05) is 42.6 Å². The third-order valence-corrected chi connectivity index (χ3v) is 17.5. The molecule has 0 radical (unpaired) electrons. The summed E-state index contributed by atoms with van der Waals surface area (Å²) < 4.78 is 89.2. The standard InChI is InChI=1S/C43H54N5O18P3S2/c1-7-46-32-16-14-27(2)21-30(32)42(3,4)36(46)12-8-13-37-43(5,6)31-22-29(71(60,61)62)15-17-33(31)47(37)19-10-20-70-26-38(50)44-18-9-11-28-24-48(41(52)45-40(28)51)39-23-34(49)35(64-39)25-63-68(56,57)66-69(58,59)65-67(53,54)55/h8,12-17,21-22,24,34-35,39,49H,7,10,18-20,23,25-26H2,1-6H3,(H6-,44,45,50,51,52,53,54,55,56,57,58,59,60,61,62)/p+1/t34?,35-,39-/m1/s1. The fourth-order valence-electron chi connectivity index (χ4n) is 8.53. The first kappa shape index (κ1) is 56.0. The van der Waals surface area contributed by atoms with Crippen molar-refractivity contribution in [1.29, 1.82) is 0 Å². The van der Waals surface area contributed by atoms with Gasteiger partial charge in [0.15, 0.2) is 5.71 Å². The second kappa shape index (κ2) is 21.6. The first-order valence-corrected chi connectivity index (χ1v) is 28.9. The number of fused-ring (bicyclic) bond motifs is 2. The molecule has 2 aromatic carbocycles. The van der Waals surface area contributed by atoms with E-state index in [0.29, 0.717) is 18.7 Å². The maximum Gasteiger partial charge on any atom is 0.490 e. The molecule has 5 atom stereocenters. The molecule has 3 aliphatic rings. The Balaban J connectivity index is 1.05. The minimum Gasteiger partial charge on any atom is -0.390 e. The van der Waals surface area contributed by atoms with E-state index < -0.39 is 75.3 Å². The number of nitrogens with zero attached hydrogens (tertiary/aromatic N) is 3. The van der Waals surface area contributed by atoms with E-state index in [4.69, 9.17) is 14.5 Å². The normalized spacial score (nSPS) is 21.7. The van der Waals surface area contributed by atoms with Crippen molar-refractivity contribution >= 4 is 68.3 Å². The predicted octanol–water partition coefficient (Wildman–Crippen LogP) is 4.01. The number of rotatable bonds is 19. The van der Waals surface area contributed by atoms with Gasteiger partial charge in [0.25, 0.3) is 15.7 Å². The van der Waals surface area contributed by atoms with Crippen LogP contribution in [0.25, 0.3) is 0 Å². The molecule has 0 aliphatic carbocycles. The average molecular weight is 1090 g/mol. The largest absolute Gasteiger partial charge is 0.490 e. The summed E-state index contributed by atoms with van der Waals surface area (Å²) in [5.74, 6) is 5.50. The van der Waals surface area contributed by atoms with Crippen LogP contribution in [-0.4, -0.2) is 113 Å². The molecule has 0 bridgehead atoms. The lowest BCUT2D eigenvalue weighted by molar-refractivity contribution is -0.437. The molecule has 23 nitrogen and oxygen atoms in total. The number of phosphoric ester groups is 1. The molecular weight excluding hydrogens is 1030 g/mol. The van der Waals surface area contributed by atoms with E-state index in [9.17, 15) is 55.9 Å². The second-order valence-corrected chi connectivity index (χ2v) is 24.6. The van der Waals surface area contributed by atoms with Crippen LogP contribution >= 0.6 is 35.2 Å². The Morgan fingerprint density at radius 2 is 1.76 bits per heavy atom. The Morgan fingerprint density at radius 1 is 1.04 bits per heavy atom. The number of carbonyl (C=O) groups excluding carboxylic acids is 1. The molecule has 3 aromatic rings. The average Bonchev–Trinajstić information content (AvgIpc) is 3.79. The fourth-order valence-corrected chi connectivity index (χ4v) is 12.8. The molecule has 6 rings (SSSR count). The van der Waals surface area contributed by atoms with Crippen molar-refractivity contribution in [1.82, 2.24) is 14.9 Å². The van der Waals surface area contributed by atoms with Crippen LogP contribution in [0.2, 0.25) is 0 Å². The number of likely N-dealkylation sites (N-methyl/N-ethyl adjacent to an activating group) is 1. The van der Waals surface area contributed by atoms with Crippen molar-refractivity contribution in [2.24, 2.45) is 0 Å². The lowest BCUT2D eigenvalue weighted by atomic mass is 9.81. The van der Waals surface area contributed by atoms with E-state index in [1.165, 1.54) is 40.7 Å². The van der Waals surface area contributed by atoms with Crippen LogP contribution < -0.4 is 21.5 Å². The molecule has 71 heavy (non-hydrogen) atoms. The number of thioether (sulfide) groups is 1. The van der Waals surface area contributed by atoms with Gasteiger partial charge in [0, 0.05) is 60.1 Å². The zero-order valence-corrected chi connectivity index (χ0v) is 43.6. The highest BCUT2D eigenvalue weighted by molar-refractivity contribution is 7.99. The zero-order valence-electron chi connectivity index (χ0n) is 39.2. The topological polar surface area (TPSA) is 334 Å². The minimum absolute atomic E-state index is 0.0766. The van der Waals surface area contributed by atoms with Gasteiger partial charge in [-0.3, -0.25) is 28.2 Å². The number of aromatic amines is 1. The highest BCUT2D eigenvalue weighted by Gasteiger charge is 2.46. The fraction of sp³-hybridized carbons (Fsp3) is 0.442. The number of aliphatic hydroxyl groups is 1. The van der Waals surface area contributed by atoms with Crippen LogP contribution in [0, 0.1) is 18.8 Å². The first-order valence-electron chi connectivity index (χ1n) is 21.8. The SMILES string of the molecule is CCN1C(=CC=CC2=[N+](CCCSCC(=O)NCC#Cc3cn([C@H]4CC(O)[C@@H](COP(=O)(O)OP(=O)(O)OP(=O)(O)O)O4)c(=O)[nH]c3=O)c3ccc(S(=O)(=O)O)cc3C2(C)C)C(C)(C)c2cc(C)ccc21. The summed E-state index contributed by atoms with van der Waals surface area (Å²) in [4.78, 5) is 78.6. The molecular formula is C43H55N5O18P3S2+. The van der Waals surface area contributed by atoms with E-state index >= 15 is 0 Å². The lowest BCUT2D eigenvalue weighted by Gasteiger charge is -2.25. The molecule has 386 valence electrons. The highest BCUT2D eigenvalue weighted by atomic mass is 32.2. The van der Waals surface area contributed by atoms with Crippen LogP contribution in [0.5, 0.6) is 0 Å². The Kier molecular flexibility index (Phi) is 17.1. The van der Waals surface area contributed by atoms with Gasteiger partial charge in [0.2, 0.25) is 11.6 Å². The number of anilines is 1. The van der Waals surface area contributed by atoms with Crippen LogP contribution in [0.3, 0.4) is 0 Å². The number of hydrogen-bond acceptors (Lipinski definition) is 15. The van der Waals surface area contributed by atoms with Crippen LogP contribution in [0.4, 0.5) is 11.4 Å². The van der Waals surface area contributed by atoms with E-state index in [-0.39, 0.29) is 40.5 Å². The van der Waals surface area contributed by atoms with Gasteiger partial charge in [0.1, 0.15) is 24.4 Å². The third-order valence-electron chi connectivity index (χ3n) is 11.8. The van der Waals surface area contributed by atoms with Crippen molar-refractivity contribution in [3.63, 3.8) is 0 Å². The summed E-state index contributed by atoms with van der Waals surface area (Å²) in [6, 6.07) is 11.1. The number of nitrogens with one attached hydrogen (secondary N) is 2. The van der Waals surface area contributed by atoms with Gasteiger partial charge < -0.3 is 39.6 Å². The van der Waals surface area contributed by atoms with Gasteiger partial charge in [-0.1, -0.05) is 49.5 Å². The molecule has 8 N–H and O–H groups in total. The number of benzene rings is 2. The number of hydrogen-bond donors (Lipinski definition) is 8. The Labute approximate surface area is 412 Å². The minimum atomic E-state index is -5.80. The van der Waals surface area contributed by atoms with Gasteiger partial charge in [-0.15, -0.1) is 0 Å². The summed E-state index contributed by atoms with van der Waals surface area (Å²) in [6.45, 7) is 12.8. The Morgan fingerprint density at radius 3 is 2.44 bits per heavy atom. The number of phosphoric acid groups is 3. The van der Waals surface area contributed by atoms with Crippen molar-refractivity contribution in [2.45, 2.75) is 88.5 Å². The second-order valence-electron chi connectivity index (χ2n) is 17.6. The van der Waals surface area contributed by atoms with Crippen LogP contribution in [-0.2, 0) is 57.3 Å². The lowest BCUT2D eigenvalue weighted by Crippen LogP contribution is -2.34. The number of H-pyrrole nitrogens is 1. The van der Waals surface area contributed by atoms with Crippen molar-refractivity contribution in [3.05, 3.63) is 110 Å². The van der Waals surface area contributed by atoms with E-state index in [1.54, 1.807) is 6.07 Å². The maximum absolute atomic E-state index is 12.8. The molecule has 4 heterocycles. The number of amides is 1. The molecule has 0 saturated carbocycles. The van der Waals surface area contributed by atoms with Gasteiger partial charge in [-0.05, 0) is 63.3 Å². The van der Waals surface area contributed by atoms with E-state index in [1.807, 2.05) is 26.0 Å². The van der Waals surface area contributed by atoms with Gasteiger partial charge in [0.05, 0.1) is 35.3 Å². The van der Waals surface area contributed by atoms with Gasteiger partial charge in [-0.2, -0.15) is 33.4 Å². The molecule has 1 aromatic heterocycles. The highest BCUT2D eigenvalue weighted by Crippen LogP contribution is 2.66. The third kappa shape index (κ3) is 13.5. The van der Waals surface area contributed by atoms with Crippen LogP contribution in [0.1, 0.15) is 75.9 Å². The van der Waals surface area contributed by atoms with E-state index in [0.717, 1.165) is 40.0 Å². The summed E-state index contributed by atoms with van der Waals surface area (Å²) in [7, 11) is -21.4. The number of allylic oxidation sites excluding steroid dienone is 4. The maximum atomic E-state index is 12.8.